The molecule has 0 radical (unpaired) electrons. The maximum absolute atomic E-state index is 12.0. The Morgan fingerprint density at radius 3 is 2.50 bits per heavy atom. The Hall–Kier alpha value is -2.90. The predicted octanol–water partition coefficient (Wildman–Crippen LogP) is 0.671. The molecule has 8 heteroatoms. The van der Waals surface area contributed by atoms with E-state index >= 15 is 0 Å². The molecule has 2 N–H and O–H groups in total. The second-order valence-electron chi connectivity index (χ2n) is 5.41. The number of esters is 1. The number of benzene rings is 1. The summed E-state index contributed by atoms with van der Waals surface area (Å²) in [6.07, 6.45) is -1.04. The molecule has 1 aliphatic rings. The first-order valence-corrected chi connectivity index (χ1v) is 7.52. The van der Waals surface area contributed by atoms with E-state index in [2.05, 4.69) is 10.6 Å². The van der Waals surface area contributed by atoms with Gasteiger partial charge in [0, 0.05) is 25.7 Å². The molecule has 1 heterocycles. The summed E-state index contributed by atoms with van der Waals surface area (Å²) in [7, 11) is 0. The first-order valence-electron chi connectivity index (χ1n) is 7.52. The van der Waals surface area contributed by atoms with Crippen LogP contribution in [0.2, 0.25) is 0 Å². The molecule has 4 amide bonds. The average Bonchev–Trinajstić information content (AvgIpc) is 2.94. The smallest absolute Gasteiger partial charge is 0.324 e. The molecule has 0 spiro atoms. The molecule has 1 fully saturated rings. The largest absolute Gasteiger partial charge is 0.452 e. The highest BCUT2D eigenvalue weighted by atomic mass is 16.5. The highest BCUT2D eigenvalue weighted by molar-refractivity contribution is 5.98. The number of nitrogens with one attached hydrogen (secondary N) is 2. The van der Waals surface area contributed by atoms with Gasteiger partial charge >= 0.3 is 12.0 Å². The Kier molecular flexibility index (Phi) is 5.51. The average molecular weight is 333 g/mol. The van der Waals surface area contributed by atoms with Crippen molar-refractivity contribution in [2.75, 3.05) is 18.4 Å². The van der Waals surface area contributed by atoms with E-state index in [-0.39, 0.29) is 18.9 Å². The van der Waals surface area contributed by atoms with Crippen LogP contribution in [0, 0.1) is 0 Å². The molecule has 0 bridgehead atoms. The van der Waals surface area contributed by atoms with Gasteiger partial charge in [-0.05, 0) is 24.6 Å². The van der Waals surface area contributed by atoms with Gasteiger partial charge in [0.15, 0.2) is 6.10 Å². The molecule has 8 nitrogen and oxygen atoms in total. The van der Waals surface area contributed by atoms with E-state index < -0.39 is 24.0 Å². The summed E-state index contributed by atoms with van der Waals surface area (Å²) in [5, 5.41) is 5.14. The predicted molar refractivity (Wildman–Crippen MR) is 85.1 cm³/mol. The number of amides is 4. The van der Waals surface area contributed by atoms with Crippen molar-refractivity contribution in [3.63, 3.8) is 0 Å². The van der Waals surface area contributed by atoms with Crippen molar-refractivity contribution < 1.29 is 23.9 Å². The zero-order valence-electron chi connectivity index (χ0n) is 13.5. The minimum atomic E-state index is -1.03. The Bertz CT molecular complexity index is 656. The molecule has 1 atom stereocenters. The van der Waals surface area contributed by atoms with Gasteiger partial charge < -0.3 is 15.4 Å². The van der Waals surface area contributed by atoms with Crippen LogP contribution in [0.5, 0.6) is 0 Å². The van der Waals surface area contributed by atoms with Crippen LogP contribution in [-0.2, 0) is 25.5 Å². The second kappa shape index (κ2) is 7.58. The Morgan fingerprint density at radius 1 is 1.29 bits per heavy atom. The molecule has 0 saturated carbocycles. The minimum absolute atomic E-state index is 0.00975. The monoisotopic (exact) mass is 333 g/mol. The molecular weight excluding hydrogens is 314 g/mol. The maximum atomic E-state index is 12.0. The third-order valence-corrected chi connectivity index (χ3v) is 3.40. The zero-order valence-corrected chi connectivity index (χ0v) is 13.5. The lowest BCUT2D eigenvalue weighted by molar-refractivity contribution is -0.156. The van der Waals surface area contributed by atoms with E-state index in [4.69, 9.17) is 4.74 Å². The van der Waals surface area contributed by atoms with Gasteiger partial charge in [0.25, 0.3) is 5.91 Å². The zero-order chi connectivity index (χ0) is 17.7. The fourth-order valence-electron chi connectivity index (χ4n) is 2.27. The molecule has 0 aliphatic carbocycles. The first-order chi connectivity index (χ1) is 11.4. The van der Waals surface area contributed by atoms with Crippen LogP contribution >= 0.6 is 0 Å². The number of rotatable bonds is 5. The maximum Gasteiger partial charge on any atom is 0.324 e. The summed E-state index contributed by atoms with van der Waals surface area (Å²) in [6.45, 7) is 3.51. The summed E-state index contributed by atoms with van der Waals surface area (Å²) in [4.78, 5) is 47.4. The number of ether oxygens (including phenoxy) is 1. The summed E-state index contributed by atoms with van der Waals surface area (Å²) in [5.41, 5.74) is 1.32. The standard InChI is InChI=1S/C16H19N3O5/c1-10(15(22)19-8-7-17-16(19)23)24-14(21)9-12-3-5-13(6-4-12)18-11(2)20/h3-6,10H,7-9H2,1-2H3,(H,17,23)(H,18,20)/t10-/m0/s1. The van der Waals surface area contributed by atoms with Crippen molar-refractivity contribution >= 4 is 29.5 Å². The van der Waals surface area contributed by atoms with Crippen LogP contribution in [0.3, 0.4) is 0 Å². The number of anilines is 1. The third kappa shape index (κ3) is 4.55. The van der Waals surface area contributed by atoms with Crippen molar-refractivity contribution in [3.05, 3.63) is 29.8 Å². The molecule has 0 aromatic heterocycles. The van der Waals surface area contributed by atoms with Gasteiger partial charge in [-0.15, -0.1) is 0 Å². The van der Waals surface area contributed by atoms with E-state index in [1.54, 1.807) is 24.3 Å². The van der Waals surface area contributed by atoms with Gasteiger partial charge in [-0.1, -0.05) is 12.1 Å². The quantitative estimate of drug-likeness (QED) is 0.771. The lowest BCUT2D eigenvalue weighted by Crippen LogP contribution is -2.42. The van der Waals surface area contributed by atoms with Crippen LogP contribution in [0.4, 0.5) is 10.5 Å². The first kappa shape index (κ1) is 17.5. The van der Waals surface area contributed by atoms with Crippen molar-refractivity contribution in [1.82, 2.24) is 10.2 Å². The molecule has 1 aliphatic heterocycles. The molecule has 1 saturated heterocycles. The number of carbonyl (C=O) groups excluding carboxylic acids is 4. The van der Waals surface area contributed by atoms with Gasteiger partial charge in [0.05, 0.1) is 6.42 Å². The van der Waals surface area contributed by atoms with Crippen LogP contribution in [0.1, 0.15) is 19.4 Å². The normalized spacial score (nSPS) is 14.8. The summed E-state index contributed by atoms with van der Waals surface area (Å²) in [6, 6.07) is 6.25. The minimum Gasteiger partial charge on any atom is -0.452 e. The fraction of sp³-hybridized carbons (Fsp3) is 0.375. The van der Waals surface area contributed by atoms with E-state index in [9.17, 15) is 19.2 Å². The fourth-order valence-corrected chi connectivity index (χ4v) is 2.27. The number of hydrogen-bond donors (Lipinski definition) is 2. The molecule has 1 aromatic carbocycles. The van der Waals surface area contributed by atoms with Gasteiger partial charge in [0.1, 0.15) is 0 Å². The number of nitrogens with zero attached hydrogens (tertiary/aromatic N) is 1. The number of imide groups is 1. The molecule has 128 valence electrons. The summed E-state index contributed by atoms with van der Waals surface area (Å²) < 4.78 is 5.09. The summed E-state index contributed by atoms with van der Waals surface area (Å²) in [5.74, 6) is -1.29. The lowest BCUT2D eigenvalue weighted by Gasteiger charge is -2.18. The number of carbonyl (C=O) groups is 4. The topological polar surface area (TPSA) is 105 Å². The third-order valence-electron chi connectivity index (χ3n) is 3.40. The van der Waals surface area contributed by atoms with Crippen molar-refractivity contribution in [1.29, 1.82) is 0 Å². The van der Waals surface area contributed by atoms with Crippen LogP contribution in [0.15, 0.2) is 24.3 Å². The van der Waals surface area contributed by atoms with Gasteiger partial charge in [-0.2, -0.15) is 0 Å². The van der Waals surface area contributed by atoms with E-state index in [1.165, 1.54) is 13.8 Å². The van der Waals surface area contributed by atoms with Crippen molar-refractivity contribution in [3.8, 4) is 0 Å². The molecule has 2 rings (SSSR count). The highest BCUT2D eigenvalue weighted by Crippen LogP contribution is 2.11. The molecular formula is C16H19N3O5. The van der Waals surface area contributed by atoms with Gasteiger partial charge in [0.2, 0.25) is 5.91 Å². The van der Waals surface area contributed by atoms with Gasteiger partial charge in [-0.3, -0.25) is 19.3 Å². The van der Waals surface area contributed by atoms with Crippen LogP contribution in [-0.4, -0.2) is 47.9 Å². The Morgan fingerprint density at radius 2 is 1.96 bits per heavy atom. The van der Waals surface area contributed by atoms with E-state index in [0.29, 0.717) is 17.8 Å². The van der Waals surface area contributed by atoms with Gasteiger partial charge in [-0.25, -0.2) is 4.79 Å². The van der Waals surface area contributed by atoms with Crippen molar-refractivity contribution in [2.45, 2.75) is 26.4 Å². The molecule has 24 heavy (non-hydrogen) atoms. The Labute approximate surface area is 139 Å². The lowest BCUT2D eigenvalue weighted by atomic mass is 10.1. The second-order valence-corrected chi connectivity index (χ2v) is 5.41. The SMILES string of the molecule is CC(=O)Nc1ccc(CC(=O)O[C@@H](C)C(=O)N2CCNC2=O)cc1. The molecule has 0 unspecified atom stereocenters. The van der Waals surface area contributed by atoms with Crippen LogP contribution < -0.4 is 10.6 Å². The number of urea groups is 1. The van der Waals surface area contributed by atoms with Crippen LogP contribution in [0.25, 0.3) is 0 Å². The number of hydrogen-bond acceptors (Lipinski definition) is 5. The Balaban J connectivity index is 1.87. The van der Waals surface area contributed by atoms with Crippen molar-refractivity contribution in [2.24, 2.45) is 0 Å². The van der Waals surface area contributed by atoms with E-state index in [1.807, 2.05) is 0 Å². The van der Waals surface area contributed by atoms with E-state index in [0.717, 1.165) is 4.90 Å². The highest BCUT2D eigenvalue weighted by Gasteiger charge is 2.31. The molecule has 1 aromatic rings. The summed E-state index contributed by atoms with van der Waals surface area (Å²) >= 11 is 0.